The van der Waals surface area contributed by atoms with Crippen LogP contribution in [0.3, 0.4) is 0 Å². The van der Waals surface area contributed by atoms with Crippen molar-refractivity contribution in [3.05, 3.63) is 84.9 Å². The molecule has 29 heavy (non-hydrogen) atoms. The molecule has 0 amide bonds. The highest BCUT2D eigenvalue weighted by Crippen LogP contribution is 2.23. The van der Waals surface area contributed by atoms with Crippen LogP contribution in [0, 0.1) is 0 Å². The fraction of sp³-hybridized carbons (Fsp3) is 0. The molecule has 0 saturated carbocycles. The van der Waals surface area contributed by atoms with Crippen LogP contribution < -0.4 is 0 Å². The van der Waals surface area contributed by atoms with Crippen LogP contribution in [0.15, 0.2) is 94.7 Å². The van der Waals surface area contributed by atoms with Gasteiger partial charge < -0.3 is 0 Å². The minimum absolute atomic E-state index is 0. The van der Waals surface area contributed by atoms with Crippen molar-refractivity contribution >= 4 is 55.3 Å². The van der Waals surface area contributed by atoms with Crippen LogP contribution in [0.4, 0.5) is 0 Å². The SMILES string of the molecule is O=S(=O)(O)c1cccc2ccccc12.O=S(=O)(O)c1cccc2ccccc12.S. The summed E-state index contributed by atoms with van der Waals surface area (Å²) in [5, 5.41) is 2.67. The van der Waals surface area contributed by atoms with E-state index in [1.807, 2.05) is 12.1 Å². The molecule has 0 atom stereocenters. The lowest BCUT2D eigenvalue weighted by Crippen LogP contribution is -1.98. The normalized spacial score (nSPS) is 11.4. The van der Waals surface area contributed by atoms with Gasteiger partial charge in [0.1, 0.15) is 9.79 Å². The molecular formula is C20H18O6S3. The van der Waals surface area contributed by atoms with Crippen LogP contribution in [0.1, 0.15) is 0 Å². The number of hydrogen-bond donors (Lipinski definition) is 2. The summed E-state index contributed by atoms with van der Waals surface area (Å²) in [7, 11) is -8.26. The summed E-state index contributed by atoms with van der Waals surface area (Å²) in [6.45, 7) is 0. The van der Waals surface area contributed by atoms with Crippen LogP contribution in [0.5, 0.6) is 0 Å². The van der Waals surface area contributed by atoms with E-state index in [0.717, 1.165) is 10.8 Å². The molecule has 0 aliphatic rings. The largest absolute Gasteiger partial charge is 0.295 e. The summed E-state index contributed by atoms with van der Waals surface area (Å²) in [6.07, 6.45) is 0. The number of rotatable bonds is 2. The zero-order chi connectivity index (χ0) is 20.4. The standard InChI is InChI=1S/2C10H8O3S.H2S/c2*11-14(12,13)10-7-3-5-8-4-1-2-6-9(8)10;/h2*1-7H,(H,11,12,13);1H2. The molecule has 0 bridgehead atoms. The van der Waals surface area contributed by atoms with Gasteiger partial charge in [-0.25, -0.2) is 0 Å². The third-order valence-corrected chi connectivity index (χ3v) is 5.88. The zero-order valence-electron chi connectivity index (χ0n) is 14.9. The molecular weight excluding hydrogens is 432 g/mol. The molecule has 0 unspecified atom stereocenters. The Balaban J connectivity index is 0.000000200. The van der Waals surface area contributed by atoms with Gasteiger partial charge in [-0.05, 0) is 22.9 Å². The lowest BCUT2D eigenvalue weighted by molar-refractivity contribution is 0.482. The van der Waals surface area contributed by atoms with Gasteiger partial charge in [0.25, 0.3) is 20.2 Å². The Bertz CT molecular complexity index is 1250. The summed E-state index contributed by atoms with van der Waals surface area (Å²) in [5.41, 5.74) is 0. The summed E-state index contributed by atoms with van der Waals surface area (Å²) in [5.74, 6) is 0. The van der Waals surface area contributed by atoms with Crippen molar-refractivity contribution in [1.29, 1.82) is 0 Å². The fourth-order valence-electron chi connectivity index (χ4n) is 2.84. The summed E-state index contributed by atoms with van der Waals surface area (Å²) < 4.78 is 61.9. The molecule has 4 rings (SSSR count). The van der Waals surface area contributed by atoms with Gasteiger partial charge in [-0.3, -0.25) is 9.11 Å². The van der Waals surface area contributed by atoms with Crippen molar-refractivity contribution in [3.63, 3.8) is 0 Å². The second kappa shape index (κ2) is 8.93. The molecule has 0 spiro atoms. The van der Waals surface area contributed by atoms with Crippen LogP contribution in [0.25, 0.3) is 21.5 Å². The Hall–Kier alpha value is -2.43. The molecule has 0 heterocycles. The van der Waals surface area contributed by atoms with Gasteiger partial charge in [0.05, 0.1) is 0 Å². The maximum absolute atomic E-state index is 11.0. The Morgan fingerprint density at radius 1 is 0.483 bits per heavy atom. The third kappa shape index (κ3) is 5.34. The van der Waals surface area contributed by atoms with E-state index in [9.17, 15) is 16.8 Å². The Labute approximate surface area is 175 Å². The molecule has 4 aromatic carbocycles. The quantitative estimate of drug-likeness (QED) is 0.441. The Morgan fingerprint density at radius 3 is 1.14 bits per heavy atom. The highest BCUT2D eigenvalue weighted by molar-refractivity contribution is 7.86. The van der Waals surface area contributed by atoms with E-state index in [1.165, 1.54) is 12.1 Å². The monoisotopic (exact) mass is 450 g/mol. The molecule has 0 saturated heterocycles. The van der Waals surface area contributed by atoms with Gasteiger partial charge in [0.2, 0.25) is 0 Å². The minimum Gasteiger partial charge on any atom is -0.282 e. The second-order valence-electron chi connectivity index (χ2n) is 5.90. The number of benzene rings is 4. The van der Waals surface area contributed by atoms with Crippen molar-refractivity contribution in [1.82, 2.24) is 0 Å². The predicted octanol–water partition coefficient (Wildman–Crippen LogP) is 4.29. The molecule has 152 valence electrons. The van der Waals surface area contributed by atoms with E-state index in [-0.39, 0.29) is 23.3 Å². The first kappa shape index (κ1) is 22.9. The smallest absolute Gasteiger partial charge is 0.282 e. The van der Waals surface area contributed by atoms with Gasteiger partial charge in [-0.15, -0.1) is 0 Å². The molecule has 0 aliphatic heterocycles. The van der Waals surface area contributed by atoms with Gasteiger partial charge in [-0.2, -0.15) is 30.3 Å². The maximum Gasteiger partial charge on any atom is 0.295 e. The van der Waals surface area contributed by atoms with Crippen molar-refractivity contribution in [2.45, 2.75) is 9.79 Å². The van der Waals surface area contributed by atoms with Crippen molar-refractivity contribution < 1.29 is 25.9 Å². The van der Waals surface area contributed by atoms with Crippen LogP contribution >= 0.6 is 13.5 Å². The fourth-order valence-corrected chi connectivity index (χ4v) is 4.27. The first-order valence-corrected chi connectivity index (χ1v) is 11.0. The van der Waals surface area contributed by atoms with Crippen LogP contribution in [-0.2, 0) is 20.2 Å². The van der Waals surface area contributed by atoms with E-state index in [0.29, 0.717) is 10.8 Å². The number of fused-ring (bicyclic) bond motifs is 2. The molecule has 0 radical (unpaired) electrons. The van der Waals surface area contributed by atoms with Gasteiger partial charge in [-0.1, -0.05) is 72.8 Å². The molecule has 9 heteroatoms. The second-order valence-corrected chi connectivity index (χ2v) is 8.68. The highest BCUT2D eigenvalue weighted by atomic mass is 32.2. The van der Waals surface area contributed by atoms with Crippen molar-refractivity contribution in [2.24, 2.45) is 0 Å². The molecule has 4 aromatic rings. The Morgan fingerprint density at radius 2 is 0.793 bits per heavy atom. The first-order chi connectivity index (χ1) is 13.2. The van der Waals surface area contributed by atoms with Crippen molar-refractivity contribution in [2.75, 3.05) is 0 Å². The first-order valence-electron chi connectivity index (χ1n) is 8.08. The lowest BCUT2D eigenvalue weighted by Gasteiger charge is -2.02. The third-order valence-electron chi connectivity index (χ3n) is 4.06. The molecule has 2 N–H and O–H groups in total. The van der Waals surface area contributed by atoms with E-state index < -0.39 is 20.2 Å². The van der Waals surface area contributed by atoms with E-state index >= 15 is 0 Å². The maximum atomic E-state index is 11.0. The van der Waals surface area contributed by atoms with Gasteiger partial charge in [0, 0.05) is 10.8 Å². The van der Waals surface area contributed by atoms with Crippen LogP contribution in [0.2, 0.25) is 0 Å². The van der Waals surface area contributed by atoms with Crippen LogP contribution in [-0.4, -0.2) is 25.9 Å². The topological polar surface area (TPSA) is 109 Å². The average molecular weight is 451 g/mol. The van der Waals surface area contributed by atoms with Crippen molar-refractivity contribution in [3.8, 4) is 0 Å². The molecule has 0 fully saturated rings. The minimum atomic E-state index is -4.13. The molecule has 0 aliphatic carbocycles. The summed E-state index contributed by atoms with van der Waals surface area (Å²) in [6, 6.07) is 23.6. The predicted molar refractivity (Wildman–Crippen MR) is 118 cm³/mol. The zero-order valence-corrected chi connectivity index (χ0v) is 17.6. The van der Waals surface area contributed by atoms with E-state index in [2.05, 4.69) is 0 Å². The van der Waals surface area contributed by atoms with E-state index in [1.54, 1.807) is 60.7 Å². The average Bonchev–Trinajstić information content (AvgIpc) is 2.66. The highest BCUT2D eigenvalue weighted by Gasteiger charge is 2.13. The number of hydrogen-bond acceptors (Lipinski definition) is 4. The van der Waals surface area contributed by atoms with E-state index in [4.69, 9.17) is 9.11 Å². The Kier molecular flexibility index (Phi) is 7.04. The summed E-state index contributed by atoms with van der Waals surface area (Å²) >= 11 is 0. The molecule has 6 nitrogen and oxygen atoms in total. The van der Waals surface area contributed by atoms with Gasteiger partial charge >= 0.3 is 0 Å². The van der Waals surface area contributed by atoms with Gasteiger partial charge in [0.15, 0.2) is 0 Å². The lowest BCUT2D eigenvalue weighted by atomic mass is 10.1. The summed E-state index contributed by atoms with van der Waals surface area (Å²) in [4.78, 5) is -0.0915. The molecule has 0 aromatic heterocycles.